The average Bonchev–Trinajstić information content (AvgIpc) is 3.08. The lowest BCUT2D eigenvalue weighted by atomic mass is 10.1. The standard InChI is InChI=1S/C22H21F2NO6/c1-12(2)29-16-7-5-13(10-18(16)27-3)9-15-21(26)31-20(25-15)14-6-8-17(30-22(23)24)19(11-14)28-4/h5-12,22H,1-4H3/b15-9+. The number of cyclic esters (lactones) is 1. The summed E-state index contributed by atoms with van der Waals surface area (Å²) in [5, 5.41) is 0. The van der Waals surface area contributed by atoms with Gasteiger partial charge < -0.3 is 23.7 Å². The maximum absolute atomic E-state index is 12.5. The minimum absolute atomic E-state index is 0.0184. The van der Waals surface area contributed by atoms with E-state index in [1.165, 1.54) is 32.4 Å². The molecule has 31 heavy (non-hydrogen) atoms. The Morgan fingerprint density at radius 2 is 1.58 bits per heavy atom. The lowest BCUT2D eigenvalue weighted by molar-refractivity contribution is -0.129. The second-order valence-electron chi connectivity index (χ2n) is 6.66. The molecule has 0 saturated carbocycles. The van der Waals surface area contributed by atoms with Crippen molar-refractivity contribution in [2.45, 2.75) is 26.6 Å². The van der Waals surface area contributed by atoms with Crippen molar-refractivity contribution in [3.8, 4) is 23.0 Å². The number of carbonyl (C=O) groups excluding carboxylic acids is 1. The molecule has 0 aromatic heterocycles. The lowest BCUT2D eigenvalue weighted by Crippen LogP contribution is -2.07. The highest BCUT2D eigenvalue weighted by Crippen LogP contribution is 2.32. The zero-order valence-electron chi connectivity index (χ0n) is 17.3. The lowest BCUT2D eigenvalue weighted by Gasteiger charge is -2.13. The van der Waals surface area contributed by atoms with Gasteiger partial charge in [0.25, 0.3) is 0 Å². The molecule has 0 saturated heterocycles. The third-order valence-corrected chi connectivity index (χ3v) is 4.10. The topological polar surface area (TPSA) is 75.6 Å². The summed E-state index contributed by atoms with van der Waals surface area (Å²) in [7, 11) is 2.83. The molecular weight excluding hydrogens is 412 g/mol. The molecule has 0 atom stereocenters. The predicted molar refractivity (Wildman–Crippen MR) is 109 cm³/mol. The highest BCUT2D eigenvalue weighted by molar-refractivity contribution is 6.13. The number of esters is 1. The van der Waals surface area contributed by atoms with Gasteiger partial charge in [-0.1, -0.05) is 6.07 Å². The number of alkyl halides is 2. The Kier molecular flexibility index (Phi) is 6.74. The fraction of sp³-hybridized carbons (Fsp3) is 0.273. The van der Waals surface area contributed by atoms with Crippen molar-refractivity contribution in [1.82, 2.24) is 0 Å². The third kappa shape index (κ3) is 5.30. The highest BCUT2D eigenvalue weighted by Gasteiger charge is 2.25. The van der Waals surface area contributed by atoms with Gasteiger partial charge in [0.1, 0.15) is 0 Å². The van der Waals surface area contributed by atoms with Gasteiger partial charge in [0.05, 0.1) is 20.3 Å². The molecule has 0 bridgehead atoms. The summed E-state index contributed by atoms with van der Waals surface area (Å²) >= 11 is 0. The van der Waals surface area contributed by atoms with Crippen molar-refractivity contribution in [2.24, 2.45) is 4.99 Å². The molecule has 0 fully saturated rings. The molecule has 1 aliphatic heterocycles. The van der Waals surface area contributed by atoms with E-state index in [1.54, 1.807) is 24.3 Å². The summed E-state index contributed by atoms with van der Waals surface area (Å²) in [5.41, 5.74) is 1.10. The highest BCUT2D eigenvalue weighted by atomic mass is 19.3. The van der Waals surface area contributed by atoms with E-state index in [9.17, 15) is 13.6 Å². The second-order valence-corrected chi connectivity index (χ2v) is 6.66. The van der Waals surface area contributed by atoms with Crippen molar-refractivity contribution in [3.05, 3.63) is 53.2 Å². The van der Waals surface area contributed by atoms with Crippen molar-refractivity contribution in [3.63, 3.8) is 0 Å². The van der Waals surface area contributed by atoms with E-state index in [0.717, 1.165) is 0 Å². The normalized spacial score (nSPS) is 14.6. The average molecular weight is 433 g/mol. The minimum atomic E-state index is -3.00. The van der Waals surface area contributed by atoms with Crippen LogP contribution in [0.4, 0.5) is 8.78 Å². The number of methoxy groups -OCH3 is 2. The number of ether oxygens (including phenoxy) is 5. The summed E-state index contributed by atoms with van der Waals surface area (Å²) in [5.74, 6) is 0.374. The number of carbonyl (C=O) groups is 1. The molecule has 1 aliphatic rings. The first-order chi connectivity index (χ1) is 14.8. The Balaban J connectivity index is 1.89. The van der Waals surface area contributed by atoms with Crippen LogP contribution in [0.5, 0.6) is 23.0 Å². The van der Waals surface area contributed by atoms with Crippen molar-refractivity contribution in [1.29, 1.82) is 0 Å². The SMILES string of the molecule is COc1cc(/C=C2/N=C(c3ccc(OC(F)F)c(OC)c3)OC2=O)ccc1OC(C)C. The van der Waals surface area contributed by atoms with Gasteiger partial charge in [0.2, 0.25) is 5.90 Å². The molecule has 0 spiro atoms. The maximum atomic E-state index is 12.5. The summed E-state index contributed by atoms with van der Waals surface area (Å²) in [6.45, 7) is 0.813. The summed E-state index contributed by atoms with van der Waals surface area (Å²) in [6, 6.07) is 9.34. The van der Waals surface area contributed by atoms with E-state index in [1.807, 2.05) is 13.8 Å². The predicted octanol–water partition coefficient (Wildman–Crippen LogP) is 4.44. The third-order valence-electron chi connectivity index (χ3n) is 4.10. The van der Waals surface area contributed by atoms with Gasteiger partial charge in [0.15, 0.2) is 28.7 Å². The molecule has 164 valence electrons. The molecule has 7 nitrogen and oxygen atoms in total. The van der Waals surface area contributed by atoms with Gasteiger partial charge >= 0.3 is 12.6 Å². The van der Waals surface area contributed by atoms with Crippen LogP contribution >= 0.6 is 0 Å². The molecule has 0 N–H and O–H groups in total. The molecule has 9 heteroatoms. The fourth-order valence-corrected chi connectivity index (χ4v) is 2.81. The molecule has 0 radical (unpaired) electrons. The van der Waals surface area contributed by atoms with Gasteiger partial charge in [-0.3, -0.25) is 0 Å². The van der Waals surface area contributed by atoms with Crippen molar-refractivity contribution < 1.29 is 37.3 Å². The van der Waals surface area contributed by atoms with E-state index < -0.39 is 12.6 Å². The number of halogens is 2. The van der Waals surface area contributed by atoms with Crippen LogP contribution in [0.2, 0.25) is 0 Å². The Bertz CT molecular complexity index is 1030. The number of hydrogen-bond acceptors (Lipinski definition) is 7. The van der Waals surface area contributed by atoms with Gasteiger partial charge in [-0.25, -0.2) is 9.79 Å². The summed E-state index contributed by atoms with van der Waals surface area (Å²) in [6.07, 6.45) is 1.52. The first kappa shape index (κ1) is 22.1. The summed E-state index contributed by atoms with van der Waals surface area (Å²) in [4.78, 5) is 16.5. The van der Waals surface area contributed by atoms with Gasteiger partial charge in [-0.15, -0.1) is 0 Å². The first-order valence-electron chi connectivity index (χ1n) is 9.31. The van der Waals surface area contributed by atoms with Crippen LogP contribution in [0, 0.1) is 0 Å². The number of nitrogens with zero attached hydrogens (tertiary/aromatic N) is 1. The number of hydrogen-bond donors (Lipinski definition) is 0. The Morgan fingerprint density at radius 1 is 0.935 bits per heavy atom. The summed E-state index contributed by atoms with van der Waals surface area (Å²) < 4.78 is 50.7. The van der Waals surface area contributed by atoms with Crippen LogP contribution in [-0.4, -0.2) is 38.8 Å². The van der Waals surface area contributed by atoms with Crippen LogP contribution < -0.4 is 18.9 Å². The molecule has 2 aromatic rings. The van der Waals surface area contributed by atoms with Gasteiger partial charge in [-0.05, 0) is 55.8 Å². The van der Waals surface area contributed by atoms with Crippen LogP contribution in [0.25, 0.3) is 6.08 Å². The minimum Gasteiger partial charge on any atom is -0.493 e. The number of rotatable bonds is 8. The molecule has 1 heterocycles. The van der Waals surface area contributed by atoms with Crippen molar-refractivity contribution in [2.75, 3.05) is 14.2 Å². The zero-order chi connectivity index (χ0) is 22.5. The Labute approximate surface area is 177 Å². The number of benzene rings is 2. The molecule has 3 rings (SSSR count). The van der Waals surface area contributed by atoms with E-state index in [4.69, 9.17) is 18.9 Å². The Morgan fingerprint density at radius 3 is 2.23 bits per heavy atom. The van der Waals surface area contributed by atoms with E-state index in [0.29, 0.717) is 22.6 Å². The number of aliphatic imine (C=N–C) groups is 1. The first-order valence-corrected chi connectivity index (χ1v) is 9.31. The Hall–Kier alpha value is -3.62. The zero-order valence-corrected chi connectivity index (χ0v) is 17.3. The van der Waals surface area contributed by atoms with Crippen molar-refractivity contribution >= 4 is 17.9 Å². The van der Waals surface area contributed by atoms with E-state index in [-0.39, 0.29) is 29.2 Å². The fourth-order valence-electron chi connectivity index (χ4n) is 2.81. The quantitative estimate of drug-likeness (QED) is 0.453. The van der Waals surface area contributed by atoms with Crippen LogP contribution in [0.1, 0.15) is 25.0 Å². The molecule has 0 unspecified atom stereocenters. The smallest absolute Gasteiger partial charge is 0.387 e. The molecule has 2 aromatic carbocycles. The van der Waals surface area contributed by atoms with E-state index in [2.05, 4.69) is 9.73 Å². The molecule has 0 aliphatic carbocycles. The van der Waals surface area contributed by atoms with Crippen LogP contribution in [0.15, 0.2) is 47.1 Å². The van der Waals surface area contributed by atoms with Crippen LogP contribution in [0.3, 0.4) is 0 Å². The monoisotopic (exact) mass is 433 g/mol. The maximum Gasteiger partial charge on any atom is 0.387 e. The molecule has 0 amide bonds. The van der Waals surface area contributed by atoms with Crippen LogP contribution in [-0.2, 0) is 9.53 Å². The largest absolute Gasteiger partial charge is 0.493 e. The second kappa shape index (κ2) is 9.46. The van der Waals surface area contributed by atoms with Gasteiger partial charge in [-0.2, -0.15) is 8.78 Å². The van der Waals surface area contributed by atoms with E-state index >= 15 is 0 Å². The van der Waals surface area contributed by atoms with Gasteiger partial charge in [0, 0.05) is 5.56 Å². The molecular formula is C22H21F2NO6.